The van der Waals surface area contributed by atoms with Crippen LogP contribution in [-0.4, -0.2) is 20.8 Å². The second-order valence-electron chi connectivity index (χ2n) is 7.45. The first-order chi connectivity index (χ1) is 10.6. The Bertz CT molecular complexity index is 626. The summed E-state index contributed by atoms with van der Waals surface area (Å²) in [5.41, 5.74) is 2.31. The van der Waals surface area contributed by atoms with Crippen LogP contribution in [0.2, 0.25) is 0 Å². The average molecular weight is 316 g/mol. The highest BCUT2D eigenvalue weighted by atomic mass is 32.1. The normalized spacial score (nSPS) is 23.3. The molecule has 0 unspecified atom stereocenters. The fourth-order valence-electron chi connectivity index (χ4n) is 4.51. The predicted octanol–water partition coefficient (Wildman–Crippen LogP) is 4.48. The van der Waals surface area contributed by atoms with Gasteiger partial charge in [0.2, 0.25) is 0 Å². The van der Waals surface area contributed by atoms with Gasteiger partial charge in [0.15, 0.2) is 0 Å². The molecule has 22 heavy (non-hydrogen) atoms. The molecule has 0 aromatic carbocycles. The van der Waals surface area contributed by atoms with Gasteiger partial charge in [-0.05, 0) is 30.2 Å². The second-order valence-corrected chi connectivity index (χ2v) is 8.40. The van der Waals surface area contributed by atoms with E-state index in [1.165, 1.54) is 48.2 Å². The molecule has 3 heterocycles. The van der Waals surface area contributed by atoms with E-state index in [0.29, 0.717) is 5.92 Å². The molecular weight excluding hydrogens is 292 g/mol. The van der Waals surface area contributed by atoms with Gasteiger partial charge < -0.3 is 9.67 Å². The van der Waals surface area contributed by atoms with Gasteiger partial charge in [-0.15, -0.1) is 11.3 Å². The molecule has 2 aromatic rings. The Kier molecular flexibility index (Phi) is 3.42. The van der Waals surface area contributed by atoms with E-state index < -0.39 is 0 Å². The zero-order valence-corrected chi connectivity index (χ0v) is 14.1. The van der Waals surface area contributed by atoms with E-state index in [2.05, 4.69) is 34.8 Å². The van der Waals surface area contributed by atoms with E-state index >= 15 is 0 Å². The number of aromatic nitrogens is 2. The largest absolute Gasteiger partial charge is 0.392 e. The van der Waals surface area contributed by atoms with Crippen molar-refractivity contribution in [1.29, 1.82) is 0 Å². The summed E-state index contributed by atoms with van der Waals surface area (Å²) < 4.78 is 2.27. The fourth-order valence-corrected chi connectivity index (χ4v) is 5.70. The quantitative estimate of drug-likeness (QED) is 0.906. The number of rotatable bonds is 3. The summed E-state index contributed by atoms with van der Waals surface area (Å²) in [6.07, 6.45) is 9.83. The molecule has 2 aliphatic rings. The summed E-state index contributed by atoms with van der Waals surface area (Å²) in [6, 6.07) is 2.40. The van der Waals surface area contributed by atoms with Crippen LogP contribution in [0.3, 0.4) is 0 Å². The van der Waals surface area contributed by atoms with Crippen LogP contribution in [-0.2, 0) is 0 Å². The SMILES string of the molecule is CC(C)([C@H](O)C1CCCCC1)[C@@H]1c2sccc2-c2cncn21. The van der Waals surface area contributed by atoms with Gasteiger partial charge in [0.1, 0.15) is 0 Å². The fraction of sp³-hybridized carbons (Fsp3) is 0.611. The minimum atomic E-state index is -0.263. The second kappa shape index (κ2) is 5.20. The van der Waals surface area contributed by atoms with Crippen LogP contribution >= 0.6 is 11.3 Å². The summed E-state index contributed by atoms with van der Waals surface area (Å²) in [5, 5.41) is 13.3. The highest BCUT2D eigenvalue weighted by Crippen LogP contribution is 2.53. The van der Waals surface area contributed by atoms with Crippen LogP contribution in [0.15, 0.2) is 24.0 Å². The van der Waals surface area contributed by atoms with Crippen molar-refractivity contribution in [3.8, 4) is 11.3 Å². The van der Waals surface area contributed by atoms with Crippen molar-refractivity contribution in [3.63, 3.8) is 0 Å². The number of thiophene rings is 1. The molecule has 2 aromatic heterocycles. The number of imidazole rings is 1. The Morgan fingerprint density at radius 1 is 1.32 bits per heavy atom. The molecule has 1 saturated carbocycles. The third-order valence-corrected chi connectivity index (χ3v) is 6.70. The minimum Gasteiger partial charge on any atom is -0.392 e. The van der Waals surface area contributed by atoms with Crippen molar-refractivity contribution in [2.24, 2.45) is 11.3 Å². The van der Waals surface area contributed by atoms with Gasteiger partial charge in [0.25, 0.3) is 0 Å². The Labute approximate surface area is 136 Å². The maximum Gasteiger partial charge on any atom is 0.0957 e. The van der Waals surface area contributed by atoms with Crippen LogP contribution in [0.5, 0.6) is 0 Å². The van der Waals surface area contributed by atoms with Gasteiger partial charge in [-0.2, -0.15) is 0 Å². The number of aliphatic hydroxyl groups excluding tert-OH is 1. The molecular formula is C18H24N2OS. The number of hydrogen-bond donors (Lipinski definition) is 1. The molecule has 0 saturated heterocycles. The van der Waals surface area contributed by atoms with Crippen molar-refractivity contribution < 1.29 is 5.11 Å². The van der Waals surface area contributed by atoms with Gasteiger partial charge in [0.05, 0.1) is 30.4 Å². The minimum absolute atomic E-state index is 0.187. The lowest BCUT2D eigenvalue weighted by atomic mass is 9.70. The Balaban J connectivity index is 1.71. The van der Waals surface area contributed by atoms with Crippen LogP contribution in [0.25, 0.3) is 11.3 Å². The maximum absolute atomic E-state index is 11.2. The molecule has 0 amide bonds. The number of hydrogen-bond acceptors (Lipinski definition) is 3. The van der Waals surface area contributed by atoms with E-state index in [-0.39, 0.29) is 17.6 Å². The summed E-state index contributed by atoms with van der Waals surface area (Å²) >= 11 is 1.81. The van der Waals surface area contributed by atoms with Crippen molar-refractivity contribution in [2.75, 3.05) is 0 Å². The third-order valence-electron chi connectivity index (χ3n) is 5.73. The van der Waals surface area contributed by atoms with Crippen LogP contribution in [0, 0.1) is 11.3 Å². The van der Waals surface area contributed by atoms with Gasteiger partial charge in [-0.3, -0.25) is 0 Å². The number of fused-ring (bicyclic) bond motifs is 3. The molecule has 1 fully saturated rings. The molecule has 4 rings (SSSR count). The van der Waals surface area contributed by atoms with Crippen LogP contribution < -0.4 is 0 Å². The lowest BCUT2D eigenvalue weighted by molar-refractivity contribution is -0.0299. The molecule has 1 aliphatic heterocycles. The Morgan fingerprint density at radius 2 is 2.09 bits per heavy atom. The van der Waals surface area contributed by atoms with Crippen LogP contribution in [0.1, 0.15) is 56.9 Å². The van der Waals surface area contributed by atoms with Crippen molar-refractivity contribution in [2.45, 2.75) is 58.1 Å². The summed E-state index contributed by atoms with van der Waals surface area (Å²) in [4.78, 5) is 5.73. The average Bonchev–Trinajstić information content (AvgIpc) is 3.19. The standard InChI is InChI=1S/C18H24N2OS/c1-18(2,17(21)12-6-4-3-5-7-12)16-15-13(8-9-22-15)14-10-19-11-20(14)16/h8-12,16-17,21H,3-7H2,1-2H3/t16-,17+/m0/s1. The van der Waals surface area contributed by atoms with Gasteiger partial charge >= 0.3 is 0 Å². The van der Waals surface area contributed by atoms with Crippen molar-refractivity contribution >= 4 is 11.3 Å². The lowest BCUT2D eigenvalue weighted by Crippen LogP contribution is -2.42. The van der Waals surface area contributed by atoms with E-state index in [9.17, 15) is 5.11 Å². The Morgan fingerprint density at radius 3 is 2.86 bits per heavy atom. The monoisotopic (exact) mass is 316 g/mol. The molecule has 1 N–H and O–H groups in total. The smallest absolute Gasteiger partial charge is 0.0957 e. The summed E-state index contributed by atoms with van der Waals surface area (Å²) in [5.74, 6) is 0.444. The lowest BCUT2D eigenvalue weighted by Gasteiger charge is -2.42. The first kappa shape index (κ1) is 14.5. The van der Waals surface area contributed by atoms with Crippen LogP contribution in [0.4, 0.5) is 0 Å². The zero-order valence-electron chi connectivity index (χ0n) is 13.3. The van der Waals surface area contributed by atoms with Gasteiger partial charge in [0, 0.05) is 15.9 Å². The van der Waals surface area contributed by atoms with Gasteiger partial charge in [-0.25, -0.2) is 4.98 Å². The molecule has 118 valence electrons. The highest BCUT2D eigenvalue weighted by molar-refractivity contribution is 7.10. The predicted molar refractivity (Wildman–Crippen MR) is 90.0 cm³/mol. The molecule has 0 bridgehead atoms. The van der Waals surface area contributed by atoms with Crippen molar-refractivity contribution in [3.05, 3.63) is 28.8 Å². The molecule has 4 heteroatoms. The molecule has 2 atom stereocenters. The van der Waals surface area contributed by atoms with E-state index in [1.807, 2.05) is 23.9 Å². The summed E-state index contributed by atoms with van der Waals surface area (Å²) in [6.45, 7) is 4.46. The van der Waals surface area contributed by atoms with E-state index in [1.54, 1.807) is 0 Å². The number of aliphatic hydroxyl groups is 1. The highest BCUT2D eigenvalue weighted by Gasteiger charge is 2.46. The number of nitrogens with zero attached hydrogens (tertiary/aromatic N) is 2. The molecule has 0 spiro atoms. The van der Waals surface area contributed by atoms with Crippen molar-refractivity contribution in [1.82, 2.24) is 9.55 Å². The molecule has 1 aliphatic carbocycles. The molecule has 0 radical (unpaired) electrons. The first-order valence-corrected chi connectivity index (χ1v) is 9.26. The third kappa shape index (κ3) is 2.00. The van der Waals surface area contributed by atoms with E-state index in [0.717, 1.165) is 0 Å². The van der Waals surface area contributed by atoms with Gasteiger partial charge in [-0.1, -0.05) is 33.1 Å². The maximum atomic E-state index is 11.2. The molecule has 3 nitrogen and oxygen atoms in total. The zero-order chi connectivity index (χ0) is 15.3. The summed E-state index contributed by atoms with van der Waals surface area (Å²) in [7, 11) is 0. The Hall–Kier alpha value is -1.13. The van der Waals surface area contributed by atoms with E-state index in [4.69, 9.17) is 0 Å². The first-order valence-electron chi connectivity index (χ1n) is 8.38. The topological polar surface area (TPSA) is 38.1 Å².